The number of hydrogen-bond acceptors (Lipinski definition) is 2. The molecule has 1 aromatic rings. The number of aryl methyl sites for hydroxylation is 1. The van der Waals surface area contributed by atoms with Crippen LogP contribution in [0.5, 0.6) is 0 Å². The lowest BCUT2D eigenvalue weighted by molar-refractivity contribution is 0.296. The molecule has 32 heavy (non-hydrogen) atoms. The van der Waals surface area contributed by atoms with Gasteiger partial charge in [0.1, 0.15) is 0 Å². The van der Waals surface area contributed by atoms with Crippen molar-refractivity contribution < 1.29 is 0 Å². The molecule has 2 rings (SSSR count). The van der Waals surface area contributed by atoms with Crippen LogP contribution < -0.4 is 5.32 Å². The van der Waals surface area contributed by atoms with Crippen LogP contribution in [-0.4, -0.2) is 30.6 Å². The first-order valence-corrected chi connectivity index (χ1v) is 12.4. The lowest BCUT2D eigenvalue weighted by Gasteiger charge is -2.27. The third-order valence-corrected chi connectivity index (χ3v) is 6.26. The molecular formula is C30H44N2. The Hall–Kier alpha value is -2.32. The van der Waals surface area contributed by atoms with E-state index in [1.54, 1.807) is 0 Å². The highest BCUT2D eigenvalue weighted by Crippen LogP contribution is 2.21. The molecule has 1 N–H and O–H groups in total. The molecule has 1 aliphatic rings. The number of rotatable bonds is 15. The summed E-state index contributed by atoms with van der Waals surface area (Å²) in [5.74, 6) is 0. The van der Waals surface area contributed by atoms with Gasteiger partial charge in [0.2, 0.25) is 0 Å². The van der Waals surface area contributed by atoms with E-state index in [9.17, 15) is 0 Å². The summed E-state index contributed by atoms with van der Waals surface area (Å²) in [6, 6.07) is 9.24. The predicted octanol–water partition coefficient (Wildman–Crippen LogP) is 7.47. The van der Waals surface area contributed by atoms with Gasteiger partial charge in [-0.15, -0.1) is 0 Å². The summed E-state index contributed by atoms with van der Waals surface area (Å²) in [6.07, 6.45) is 17.4. The van der Waals surface area contributed by atoms with Crippen LogP contribution in [0.4, 0.5) is 0 Å². The van der Waals surface area contributed by atoms with Crippen LogP contribution >= 0.6 is 0 Å². The van der Waals surface area contributed by atoms with Gasteiger partial charge in [-0.1, -0.05) is 75.2 Å². The van der Waals surface area contributed by atoms with Gasteiger partial charge in [0.15, 0.2) is 0 Å². The zero-order valence-corrected chi connectivity index (χ0v) is 20.5. The van der Waals surface area contributed by atoms with Crippen molar-refractivity contribution >= 4 is 5.57 Å². The summed E-state index contributed by atoms with van der Waals surface area (Å²) in [5, 5.41) is 3.76. The number of nitrogens with zero attached hydrogens (tertiary/aromatic N) is 1. The fraction of sp³-hybridized carbons (Fsp3) is 0.467. The molecule has 0 aliphatic carbocycles. The lowest BCUT2D eigenvalue weighted by Crippen LogP contribution is -2.39. The van der Waals surface area contributed by atoms with E-state index in [0.29, 0.717) is 6.04 Å². The average molecular weight is 433 g/mol. The number of likely N-dealkylation sites (tertiary alicyclic amines) is 1. The van der Waals surface area contributed by atoms with Crippen LogP contribution in [0.3, 0.4) is 0 Å². The Morgan fingerprint density at radius 3 is 2.41 bits per heavy atom. The molecule has 0 bridgehead atoms. The molecule has 1 atom stereocenters. The van der Waals surface area contributed by atoms with Crippen molar-refractivity contribution in [3.63, 3.8) is 0 Å². The minimum absolute atomic E-state index is 0.384. The molecule has 1 fully saturated rings. The summed E-state index contributed by atoms with van der Waals surface area (Å²) in [5.41, 5.74) is 6.37. The van der Waals surface area contributed by atoms with E-state index in [1.165, 1.54) is 48.2 Å². The van der Waals surface area contributed by atoms with Gasteiger partial charge in [0, 0.05) is 18.3 Å². The van der Waals surface area contributed by atoms with Crippen molar-refractivity contribution in [1.82, 2.24) is 10.2 Å². The van der Waals surface area contributed by atoms with Crippen LogP contribution in [0.25, 0.3) is 5.57 Å². The Kier molecular flexibility index (Phi) is 11.9. The smallest absolute Gasteiger partial charge is 0.0425 e. The normalized spacial score (nSPS) is 15.8. The standard InChI is InChI=1S/C30H44N2/c1-6-13-28(14-7-2)23-30(24-32-21-11-12-22-32)31-26(5)16-10-9-15-25(4)29-19-17-27(8-3)18-20-29/h6-7,13-14,17-20,30-31H,1,4-5,8-12,15-16,21-24H2,2-3H3/b14-7-,28-13+. The molecule has 0 saturated carbocycles. The molecule has 0 radical (unpaired) electrons. The average Bonchev–Trinajstić information content (AvgIpc) is 3.30. The molecule has 1 heterocycles. The van der Waals surface area contributed by atoms with E-state index in [4.69, 9.17) is 0 Å². The Morgan fingerprint density at radius 1 is 1.09 bits per heavy atom. The molecule has 1 aliphatic heterocycles. The largest absolute Gasteiger partial charge is 0.384 e. The Balaban J connectivity index is 1.80. The SMILES string of the molecule is C=C/C=C(\C=C/C)CC(CN1CCCC1)NC(=C)CCCCC(=C)c1ccc(CC)cc1. The molecule has 1 unspecified atom stereocenters. The van der Waals surface area contributed by atoms with E-state index in [0.717, 1.165) is 50.8 Å². The fourth-order valence-corrected chi connectivity index (χ4v) is 4.44. The Bertz CT molecular complexity index is 776. The highest BCUT2D eigenvalue weighted by atomic mass is 15.2. The highest BCUT2D eigenvalue weighted by molar-refractivity contribution is 5.63. The van der Waals surface area contributed by atoms with Crippen LogP contribution in [-0.2, 0) is 6.42 Å². The highest BCUT2D eigenvalue weighted by Gasteiger charge is 2.18. The van der Waals surface area contributed by atoms with Crippen molar-refractivity contribution in [3.8, 4) is 0 Å². The molecule has 174 valence electrons. The quantitative estimate of drug-likeness (QED) is 0.228. The van der Waals surface area contributed by atoms with Crippen LogP contribution in [0, 0.1) is 0 Å². The second-order valence-corrected chi connectivity index (χ2v) is 9.00. The van der Waals surface area contributed by atoms with Crippen molar-refractivity contribution in [2.24, 2.45) is 0 Å². The first-order valence-electron chi connectivity index (χ1n) is 12.4. The van der Waals surface area contributed by atoms with Gasteiger partial charge in [-0.05, 0) is 93.7 Å². The Morgan fingerprint density at radius 2 is 1.78 bits per heavy atom. The number of allylic oxidation sites excluding steroid dienone is 6. The van der Waals surface area contributed by atoms with E-state index in [-0.39, 0.29) is 0 Å². The maximum absolute atomic E-state index is 4.35. The predicted molar refractivity (Wildman–Crippen MR) is 143 cm³/mol. The number of nitrogens with one attached hydrogen (secondary N) is 1. The summed E-state index contributed by atoms with van der Waals surface area (Å²) in [4.78, 5) is 2.58. The maximum atomic E-state index is 4.35. The van der Waals surface area contributed by atoms with E-state index in [1.807, 2.05) is 6.08 Å². The minimum Gasteiger partial charge on any atom is -0.384 e. The van der Waals surface area contributed by atoms with Gasteiger partial charge in [0.05, 0.1) is 0 Å². The van der Waals surface area contributed by atoms with Crippen LogP contribution in [0.1, 0.15) is 69.9 Å². The molecule has 0 spiro atoms. The molecule has 2 heteroatoms. The van der Waals surface area contributed by atoms with Crippen molar-refractivity contribution in [1.29, 1.82) is 0 Å². The number of benzene rings is 1. The van der Waals surface area contributed by atoms with Crippen LogP contribution in [0.15, 0.2) is 79.6 Å². The second kappa shape index (κ2) is 14.7. The molecular weight excluding hydrogens is 388 g/mol. The zero-order valence-electron chi connectivity index (χ0n) is 20.5. The van der Waals surface area contributed by atoms with Gasteiger partial charge in [0.25, 0.3) is 0 Å². The van der Waals surface area contributed by atoms with Gasteiger partial charge >= 0.3 is 0 Å². The molecule has 0 aromatic heterocycles. The number of unbranched alkanes of at least 4 members (excludes halogenated alkanes) is 1. The van der Waals surface area contributed by atoms with Gasteiger partial charge in [-0.2, -0.15) is 0 Å². The minimum atomic E-state index is 0.384. The van der Waals surface area contributed by atoms with Crippen molar-refractivity contribution in [2.75, 3.05) is 19.6 Å². The molecule has 1 aromatic carbocycles. The van der Waals surface area contributed by atoms with Crippen molar-refractivity contribution in [2.45, 2.75) is 71.3 Å². The first-order chi connectivity index (χ1) is 15.5. The summed E-state index contributed by atoms with van der Waals surface area (Å²) in [7, 11) is 0. The fourth-order valence-electron chi connectivity index (χ4n) is 4.44. The molecule has 0 amide bonds. The summed E-state index contributed by atoms with van der Waals surface area (Å²) < 4.78 is 0. The first kappa shape index (κ1) is 25.9. The second-order valence-electron chi connectivity index (χ2n) is 9.00. The van der Waals surface area contributed by atoms with E-state index < -0.39 is 0 Å². The zero-order chi connectivity index (χ0) is 23.2. The van der Waals surface area contributed by atoms with E-state index in [2.05, 4.69) is 86.3 Å². The lowest BCUT2D eigenvalue weighted by atomic mass is 9.99. The Labute approximate surface area is 197 Å². The monoisotopic (exact) mass is 432 g/mol. The summed E-state index contributed by atoms with van der Waals surface area (Å²) in [6.45, 7) is 20.3. The van der Waals surface area contributed by atoms with Gasteiger partial charge in [-0.25, -0.2) is 0 Å². The number of hydrogen-bond donors (Lipinski definition) is 1. The van der Waals surface area contributed by atoms with Gasteiger partial charge in [-0.3, -0.25) is 0 Å². The molecule has 1 saturated heterocycles. The third kappa shape index (κ3) is 9.44. The van der Waals surface area contributed by atoms with Gasteiger partial charge < -0.3 is 10.2 Å². The third-order valence-electron chi connectivity index (χ3n) is 6.26. The van der Waals surface area contributed by atoms with E-state index >= 15 is 0 Å². The van der Waals surface area contributed by atoms with Crippen molar-refractivity contribution in [3.05, 3.63) is 90.7 Å². The summed E-state index contributed by atoms with van der Waals surface area (Å²) >= 11 is 0. The van der Waals surface area contributed by atoms with Crippen LogP contribution in [0.2, 0.25) is 0 Å². The topological polar surface area (TPSA) is 15.3 Å². The molecule has 2 nitrogen and oxygen atoms in total. The maximum Gasteiger partial charge on any atom is 0.0425 e.